The number of aromatic nitrogens is 1. The number of hydrogen-bond donors (Lipinski definition) is 1. The van der Waals surface area contributed by atoms with Crippen LogP contribution in [0.25, 0.3) is 0 Å². The average Bonchev–Trinajstić information content (AvgIpc) is 2.39. The van der Waals surface area contributed by atoms with E-state index in [9.17, 15) is 0 Å². The molecular formula is C13H23N3O. The van der Waals surface area contributed by atoms with Crippen LogP contribution >= 0.6 is 0 Å². The fraction of sp³-hybridized carbons (Fsp3) is 0.615. The predicted octanol–water partition coefficient (Wildman–Crippen LogP) is 1.79. The second kappa shape index (κ2) is 7.25. The largest absolute Gasteiger partial charge is 0.383 e. The summed E-state index contributed by atoms with van der Waals surface area (Å²) >= 11 is 0. The lowest BCUT2D eigenvalue weighted by Crippen LogP contribution is -2.36. The normalized spacial score (nSPS) is 12.5. The van der Waals surface area contributed by atoms with Crippen LogP contribution in [-0.2, 0) is 11.3 Å². The first kappa shape index (κ1) is 13.9. The van der Waals surface area contributed by atoms with Crippen LogP contribution in [0.2, 0.25) is 0 Å². The summed E-state index contributed by atoms with van der Waals surface area (Å²) in [6.07, 6.45) is 4.75. The molecule has 0 bridgehead atoms. The first-order valence-corrected chi connectivity index (χ1v) is 6.13. The van der Waals surface area contributed by atoms with Gasteiger partial charge in [-0.25, -0.2) is 0 Å². The van der Waals surface area contributed by atoms with Crippen molar-refractivity contribution in [3.05, 3.63) is 24.0 Å². The van der Waals surface area contributed by atoms with Gasteiger partial charge in [-0.05, 0) is 19.4 Å². The summed E-state index contributed by atoms with van der Waals surface area (Å²) in [5.41, 5.74) is 8.02. The third-order valence-corrected chi connectivity index (χ3v) is 3.07. The van der Waals surface area contributed by atoms with Crippen LogP contribution in [0.5, 0.6) is 0 Å². The number of nitrogens with zero attached hydrogens (tertiary/aromatic N) is 2. The number of nitrogens with two attached hydrogens (primary N) is 1. The van der Waals surface area contributed by atoms with Crippen LogP contribution in [0.15, 0.2) is 18.5 Å². The molecular weight excluding hydrogens is 214 g/mol. The first-order chi connectivity index (χ1) is 8.24. The summed E-state index contributed by atoms with van der Waals surface area (Å²) in [4.78, 5) is 6.47. The fourth-order valence-electron chi connectivity index (χ4n) is 1.85. The van der Waals surface area contributed by atoms with Gasteiger partial charge in [-0.15, -0.1) is 0 Å². The van der Waals surface area contributed by atoms with E-state index in [1.807, 2.05) is 18.5 Å². The second-order valence-electron chi connectivity index (χ2n) is 4.15. The highest BCUT2D eigenvalue weighted by Gasteiger charge is 2.15. The highest BCUT2D eigenvalue weighted by Crippen LogP contribution is 2.22. The molecule has 0 saturated heterocycles. The summed E-state index contributed by atoms with van der Waals surface area (Å²) in [5.74, 6) is 0. The van der Waals surface area contributed by atoms with Crippen molar-refractivity contribution in [1.29, 1.82) is 0 Å². The number of pyridine rings is 1. The number of methoxy groups -OCH3 is 1. The van der Waals surface area contributed by atoms with Crippen molar-refractivity contribution in [2.45, 2.75) is 32.9 Å². The molecule has 1 atom stereocenters. The summed E-state index contributed by atoms with van der Waals surface area (Å²) in [7, 11) is 1.73. The predicted molar refractivity (Wildman–Crippen MR) is 71.1 cm³/mol. The number of anilines is 1. The first-order valence-electron chi connectivity index (χ1n) is 6.13. The molecule has 2 N–H and O–H groups in total. The van der Waals surface area contributed by atoms with E-state index in [1.54, 1.807) is 7.11 Å². The van der Waals surface area contributed by atoms with Crippen LogP contribution in [-0.4, -0.2) is 31.3 Å². The zero-order chi connectivity index (χ0) is 12.7. The lowest BCUT2D eigenvalue weighted by atomic mass is 10.1. The van der Waals surface area contributed by atoms with Crippen molar-refractivity contribution in [3.8, 4) is 0 Å². The van der Waals surface area contributed by atoms with E-state index in [-0.39, 0.29) is 0 Å². The number of rotatable bonds is 7. The molecule has 17 heavy (non-hydrogen) atoms. The summed E-state index contributed by atoms with van der Waals surface area (Å²) in [5, 5.41) is 0. The van der Waals surface area contributed by atoms with Gasteiger partial charge >= 0.3 is 0 Å². The van der Waals surface area contributed by atoms with Crippen LogP contribution in [0.1, 0.15) is 25.8 Å². The second-order valence-corrected chi connectivity index (χ2v) is 4.15. The van der Waals surface area contributed by atoms with Crippen LogP contribution in [0.3, 0.4) is 0 Å². The van der Waals surface area contributed by atoms with Crippen molar-refractivity contribution in [2.75, 3.05) is 25.2 Å². The minimum atomic E-state index is 0.470. The van der Waals surface area contributed by atoms with E-state index >= 15 is 0 Å². The summed E-state index contributed by atoms with van der Waals surface area (Å²) in [6, 6.07) is 2.50. The van der Waals surface area contributed by atoms with Crippen LogP contribution in [0, 0.1) is 0 Å². The van der Waals surface area contributed by atoms with Crippen molar-refractivity contribution >= 4 is 5.69 Å². The molecule has 0 aliphatic carbocycles. The molecule has 1 heterocycles. The lowest BCUT2D eigenvalue weighted by molar-refractivity contribution is 0.203. The molecule has 96 valence electrons. The Morgan fingerprint density at radius 1 is 1.53 bits per heavy atom. The van der Waals surface area contributed by atoms with Crippen molar-refractivity contribution in [2.24, 2.45) is 5.73 Å². The molecule has 0 aromatic carbocycles. The topological polar surface area (TPSA) is 51.4 Å². The Bertz CT molecular complexity index is 330. The molecule has 1 unspecified atom stereocenters. The van der Waals surface area contributed by atoms with Gasteiger partial charge in [0.25, 0.3) is 0 Å². The monoisotopic (exact) mass is 237 g/mol. The molecule has 0 amide bonds. The maximum absolute atomic E-state index is 5.76. The molecule has 1 rings (SSSR count). The molecule has 0 spiro atoms. The molecule has 1 aromatic heterocycles. The Kier molecular flexibility index (Phi) is 5.94. The van der Waals surface area contributed by atoms with Crippen LogP contribution in [0.4, 0.5) is 5.69 Å². The average molecular weight is 237 g/mol. The van der Waals surface area contributed by atoms with E-state index in [1.165, 1.54) is 5.69 Å². The van der Waals surface area contributed by atoms with Gasteiger partial charge in [0.2, 0.25) is 0 Å². The Balaban J connectivity index is 2.94. The van der Waals surface area contributed by atoms with Gasteiger partial charge in [0.1, 0.15) is 0 Å². The van der Waals surface area contributed by atoms with Crippen molar-refractivity contribution in [1.82, 2.24) is 4.98 Å². The van der Waals surface area contributed by atoms with Gasteiger partial charge in [0.05, 0.1) is 6.61 Å². The quantitative estimate of drug-likeness (QED) is 0.785. The molecule has 1 aromatic rings. The molecule has 0 aliphatic heterocycles. The SMILES string of the molecule is CCC(C)N(CCOC)c1ccncc1CN. The Morgan fingerprint density at radius 3 is 2.88 bits per heavy atom. The van der Waals surface area contributed by atoms with Gasteiger partial charge in [-0.3, -0.25) is 4.98 Å². The van der Waals surface area contributed by atoms with E-state index < -0.39 is 0 Å². The maximum Gasteiger partial charge on any atom is 0.0637 e. The Morgan fingerprint density at radius 2 is 2.29 bits per heavy atom. The Hall–Kier alpha value is -1.13. The molecule has 4 nitrogen and oxygen atoms in total. The Labute approximate surface area is 104 Å². The third-order valence-electron chi connectivity index (χ3n) is 3.07. The minimum absolute atomic E-state index is 0.470. The number of hydrogen-bond acceptors (Lipinski definition) is 4. The lowest BCUT2D eigenvalue weighted by Gasteiger charge is -2.32. The standard InChI is InChI=1S/C13H23N3O/c1-4-11(2)16(7-8-17-3)13-5-6-15-10-12(13)9-14/h5-6,10-11H,4,7-9,14H2,1-3H3. The van der Waals surface area contributed by atoms with Gasteiger partial charge in [-0.2, -0.15) is 0 Å². The number of ether oxygens (including phenoxy) is 1. The summed E-state index contributed by atoms with van der Waals surface area (Å²) < 4.78 is 5.17. The van der Waals surface area contributed by atoms with Crippen molar-refractivity contribution in [3.63, 3.8) is 0 Å². The van der Waals surface area contributed by atoms with E-state index in [4.69, 9.17) is 10.5 Å². The van der Waals surface area contributed by atoms with E-state index in [0.29, 0.717) is 12.6 Å². The molecule has 0 fully saturated rings. The molecule has 0 radical (unpaired) electrons. The van der Waals surface area contributed by atoms with Crippen molar-refractivity contribution < 1.29 is 4.74 Å². The summed E-state index contributed by atoms with van der Waals surface area (Å²) in [6.45, 7) is 6.52. The highest BCUT2D eigenvalue weighted by molar-refractivity contribution is 5.53. The minimum Gasteiger partial charge on any atom is -0.383 e. The van der Waals surface area contributed by atoms with Gasteiger partial charge in [0.15, 0.2) is 0 Å². The zero-order valence-corrected chi connectivity index (χ0v) is 11.0. The smallest absolute Gasteiger partial charge is 0.0637 e. The van der Waals surface area contributed by atoms with E-state index in [2.05, 4.69) is 23.7 Å². The van der Waals surface area contributed by atoms with Crippen LogP contribution < -0.4 is 10.6 Å². The molecule has 4 heteroatoms. The molecule has 0 saturated carbocycles. The fourth-order valence-corrected chi connectivity index (χ4v) is 1.85. The molecule has 0 aliphatic rings. The third kappa shape index (κ3) is 3.68. The maximum atomic E-state index is 5.76. The van der Waals surface area contributed by atoms with E-state index in [0.717, 1.165) is 25.1 Å². The van der Waals surface area contributed by atoms with Gasteiger partial charge in [-0.1, -0.05) is 6.92 Å². The zero-order valence-electron chi connectivity index (χ0n) is 11.0. The van der Waals surface area contributed by atoms with Gasteiger partial charge < -0.3 is 15.4 Å². The van der Waals surface area contributed by atoms with Gasteiger partial charge in [0, 0.05) is 49.9 Å². The highest BCUT2D eigenvalue weighted by atomic mass is 16.5.